The van der Waals surface area contributed by atoms with E-state index in [1.165, 1.54) is 0 Å². The predicted molar refractivity (Wildman–Crippen MR) is 50.6 cm³/mol. The predicted octanol–water partition coefficient (Wildman–Crippen LogP) is -4.54. The van der Waals surface area contributed by atoms with Crippen LogP contribution in [0.15, 0.2) is 18.7 Å². The van der Waals surface area contributed by atoms with E-state index in [0.29, 0.717) is 6.54 Å². The van der Waals surface area contributed by atoms with E-state index in [2.05, 4.69) is 22.0 Å². The van der Waals surface area contributed by atoms with Crippen LogP contribution in [0.4, 0.5) is 0 Å². The Labute approximate surface area is 110 Å². The van der Waals surface area contributed by atoms with Crippen LogP contribution in [0.5, 0.6) is 0 Å². The molecule has 0 amide bonds. The van der Waals surface area contributed by atoms with E-state index >= 15 is 0 Å². The van der Waals surface area contributed by atoms with Crippen molar-refractivity contribution in [2.45, 2.75) is 20.4 Å². The molecule has 0 N–H and O–H groups in total. The van der Waals surface area contributed by atoms with Crippen molar-refractivity contribution in [3.63, 3.8) is 0 Å². The highest BCUT2D eigenvalue weighted by Crippen LogP contribution is 2.00. The van der Waals surface area contributed by atoms with Crippen molar-refractivity contribution in [2.75, 3.05) is 0 Å². The molecular weight excluding hydrogens is 278 g/mol. The second kappa shape index (κ2) is 5.99. The van der Waals surface area contributed by atoms with Crippen molar-refractivity contribution in [1.29, 1.82) is 0 Å². The van der Waals surface area contributed by atoms with Crippen LogP contribution in [0.3, 0.4) is 0 Å². The fraction of sp³-hybridized carbons (Fsp3) is 0.333. The molecule has 0 fully saturated rings. The Morgan fingerprint density at radius 2 is 1.95 bits per heavy atom. The van der Waals surface area contributed by atoms with Gasteiger partial charge in [0, 0.05) is 6.07 Å². The molecule has 0 spiro atoms. The maximum atomic E-state index is 8.49. The van der Waals surface area contributed by atoms with Crippen molar-refractivity contribution in [2.24, 2.45) is 0 Å². The summed E-state index contributed by atoms with van der Waals surface area (Å²) < 4.78 is 37.4. The fourth-order valence-electron chi connectivity index (χ4n) is 1.40. The third kappa shape index (κ3) is 4.85. The Bertz CT molecular complexity index is 574. The maximum Gasteiger partial charge on any atom is 0.407 e. The zero-order chi connectivity index (χ0) is 14.6. The molecule has 0 aliphatic heterocycles. The molecule has 0 aliphatic carbocycles. The monoisotopic (exact) mass is 289 g/mol. The van der Waals surface area contributed by atoms with Crippen LogP contribution in [0, 0.1) is 24.1 Å². The normalized spacial score (nSPS) is 11.1. The molecule has 0 aromatic carbocycles. The molecule has 0 bridgehead atoms. The van der Waals surface area contributed by atoms with Gasteiger partial charge in [0.1, 0.15) is 23.1 Å². The second-order valence-electron chi connectivity index (χ2n) is 3.58. The van der Waals surface area contributed by atoms with Gasteiger partial charge in [-0.25, -0.2) is 18.6 Å². The molecule has 2 heterocycles. The summed E-state index contributed by atoms with van der Waals surface area (Å²) >= 11 is 0. The summed E-state index contributed by atoms with van der Waals surface area (Å²) in [4.78, 5) is 4.37. The molecule has 0 saturated heterocycles. The third-order valence-corrected chi connectivity index (χ3v) is 1.99. The van der Waals surface area contributed by atoms with E-state index in [1.54, 1.807) is 15.3 Å². The topological polar surface area (TPSA) is 139 Å². The van der Waals surface area contributed by atoms with Gasteiger partial charge in [-0.05, 0) is 13.8 Å². The lowest BCUT2D eigenvalue weighted by molar-refractivity contribution is -2.00. The maximum absolute atomic E-state index is 8.49. The minimum absolute atomic E-state index is 0.624. The Hall–Kier alpha value is -1.65. The largest absolute Gasteiger partial charge is 0.407 e. The average molecular weight is 290 g/mol. The van der Waals surface area contributed by atoms with Crippen molar-refractivity contribution in [3.8, 4) is 0 Å². The van der Waals surface area contributed by atoms with Gasteiger partial charge in [-0.1, -0.05) is 10.6 Å². The molecule has 2 aromatic heterocycles. The minimum atomic E-state index is -4.94. The van der Waals surface area contributed by atoms with E-state index in [1.807, 2.05) is 19.9 Å². The molecule has 104 valence electrons. The van der Waals surface area contributed by atoms with E-state index in [4.69, 9.17) is 18.6 Å². The van der Waals surface area contributed by atoms with E-state index < -0.39 is 10.2 Å². The highest BCUT2D eigenvalue weighted by Gasteiger charge is 2.15. The number of fused-ring (bicyclic) bond motifs is 1. The molecule has 9 nitrogen and oxygen atoms in total. The van der Waals surface area contributed by atoms with Crippen molar-refractivity contribution in [3.05, 3.63) is 30.1 Å². The summed E-state index contributed by atoms with van der Waals surface area (Å²) in [6.07, 6.45) is 1.77. The highest BCUT2D eigenvalue weighted by molar-refractivity contribution is 5.23. The van der Waals surface area contributed by atoms with Gasteiger partial charge in [0.25, 0.3) is 0 Å². The molecule has 0 aliphatic rings. The number of aromatic nitrogens is 5. The first-order valence-electron chi connectivity index (χ1n) is 5.05. The molecule has 0 saturated carbocycles. The van der Waals surface area contributed by atoms with Crippen molar-refractivity contribution < 1.29 is 33.6 Å². The van der Waals surface area contributed by atoms with E-state index in [-0.39, 0.29) is 0 Å². The molecule has 2 rings (SSSR count). The summed E-state index contributed by atoms with van der Waals surface area (Å²) in [6, 6.07) is 1.97. The van der Waals surface area contributed by atoms with Gasteiger partial charge in [-0.2, -0.15) is 0 Å². The second-order valence-corrected chi connectivity index (χ2v) is 4.33. The first-order valence-corrected chi connectivity index (χ1v) is 6.28. The standard InChI is InChI=1S/C9H12N5.ClHO4/c1-4-5-13-9-10-7(2)6-8(3)14(9)12-11-13;2-1(3,4)5/h4,6H,1,5H2,2-3H3;(H,2,3,4,5)/q+1;/p-1. The smallest absolute Gasteiger partial charge is 0.222 e. The number of hydrogen-bond acceptors (Lipinski definition) is 7. The number of rotatable bonds is 2. The Morgan fingerprint density at radius 3 is 2.47 bits per heavy atom. The third-order valence-electron chi connectivity index (χ3n) is 1.99. The lowest BCUT2D eigenvalue weighted by Gasteiger charge is -2.17. The lowest BCUT2D eigenvalue weighted by atomic mass is 10.4. The van der Waals surface area contributed by atoms with Crippen molar-refractivity contribution >= 4 is 5.78 Å². The summed E-state index contributed by atoms with van der Waals surface area (Å²) in [5.41, 5.74) is 2.00. The van der Waals surface area contributed by atoms with Gasteiger partial charge in [-0.3, -0.25) is 0 Å². The number of tetrazole rings is 1. The zero-order valence-electron chi connectivity index (χ0n) is 10.3. The Balaban J connectivity index is 0.000000312. The highest BCUT2D eigenvalue weighted by atomic mass is 35.7. The molecule has 19 heavy (non-hydrogen) atoms. The van der Waals surface area contributed by atoms with Gasteiger partial charge in [0.2, 0.25) is 0 Å². The van der Waals surface area contributed by atoms with Crippen LogP contribution < -0.4 is 23.3 Å². The quantitative estimate of drug-likeness (QED) is 0.400. The molecular formula is C9H12ClN5O4. The number of aryl methyl sites for hydroxylation is 2. The SMILES string of the molecule is C=CC[n+]1nnn2c(C)cc(C)nc21.[O-][Cl+3]([O-])([O-])[O-]. The van der Waals surface area contributed by atoms with Crippen molar-refractivity contribution in [1.82, 2.24) is 19.9 Å². The van der Waals surface area contributed by atoms with Gasteiger partial charge < -0.3 is 0 Å². The Kier molecular flexibility index (Phi) is 4.86. The summed E-state index contributed by atoms with van der Waals surface area (Å²) in [5, 5.41) is 7.98. The Morgan fingerprint density at radius 1 is 1.37 bits per heavy atom. The molecule has 0 radical (unpaired) electrons. The van der Waals surface area contributed by atoms with Crippen LogP contribution in [0.25, 0.3) is 5.78 Å². The minimum Gasteiger partial charge on any atom is -0.222 e. The average Bonchev–Trinajstić information content (AvgIpc) is 2.60. The summed E-state index contributed by atoms with van der Waals surface area (Å²) in [6.45, 7) is 8.22. The van der Waals surface area contributed by atoms with Crippen LogP contribution in [-0.4, -0.2) is 19.9 Å². The van der Waals surface area contributed by atoms with Gasteiger partial charge in [0.05, 0.1) is 5.21 Å². The van der Waals surface area contributed by atoms with E-state index in [0.717, 1.165) is 17.2 Å². The van der Waals surface area contributed by atoms with Gasteiger partial charge in [0.15, 0.2) is 0 Å². The van der Waals surface area contributed by atoms with Crippen LogP contribution in [0.1, 0.15) is 11.4 Å². The van der Waals surface area contributed by atoms with E-state index in [9.17, 15) is 0 Å². The fourth-order valence-corrected chi connectivity index (χ4v) is 1.40. The zero-order valence-corrected chi connectivity index (χ0v) is 11.1. The van der Waals surface area contributed by atoms with Gasteiger partial charge >= 0.3 is 5.78 Å². The van der Waals surface area contributed by atoms with Gasteiger partial charge in [-0.15, -0.1) is 26.5 Å². The number of hydrogen-bond donors (Lipinski definition) is 0. The van der Waals surface area contributed by atoms with Crippen LogP contribution >= 0.6 is 0 Å². The first-order chi connectivity index (χ1) is 8.72. The lowest BCUT2D eigenvalue weighted by Crippen LogP contribution is -2.68. The number of allylic oxidation sites excluding steroid dienone is 1. The summed E-state index contributed by atoms with van der Waals surface area (Å²) in [5.74, 6) is 0.752. The number of halogens is 1. The molecule has 0 atom stereocenters. The first kappa shape index (κ1) is 15.4. The number of nitrogens with zero attached hydrogens (tertiary/aromatic N) is 5. The summed E-state index contributed by atoms with van der Waals surface area (Å²) in [7, 11) is -4.94. The van der Waals surface area contributed by atoms with Crippen LogP contribution in [0.2, 0.25) is 0 Å². The molecule has 2 aromatic rings. The molecule has 10 heteroatoms. The van der Waals surface area contributed by atoms with Crippen LogP contribution in [-0.2, 0) is 6.54 Å². The molecule has 0 unspecified atom stereocenters.